The smallest absolute Gasteiger partial charge is 0.238 e. The molecule has 0 amide bonds. The van der Waals surface area contributed by atoms with Crippen molar-refractivity contribution in [2.75, 3.05) is 0 Å². The summed E-state index contributed by atoms with van der Waals surface area (Å²) in [6.45, 7) is 0. The summed E-state index contributed by atoms with van der Waals surface area (Å²) < 4.78 is 7.27. The number of rotatable bonds is 5. The first kappa shape index (κ1) is 31.9. The number of nitrogens with zero attached hydrogens (tertiary/aromatic N) is 5. The average molecular weight is 746 g/mol. The lowest BCUT2D eigenvalue weighted by Gasteiger charge is -2.11. The Morgan fingerprint density at radius 2 is 0.807 bits per heavy atom. The Morgan fingerprint density at radius 3 is 1.42 bits per heavy atom. The predicted octanol–water partition coefficient (Wildman–Crippen LogP) is 13.4. The molecular formula is C51H31N5S. The van der Waals surface area contributed by atoms with Crippen molar-refractivity contribution < 1.29 is 0 Å². The molecule has 12 aromatic rings. The summed E-state index contributed by atoms with van der Waals surface area (Å²) in [6.07, 6.45) is 0. The lowest BCUT2D eigenvalue weighted by atomic mass is 10.0. The van der Waals surface area contributed by atoms with Crippen molar-refractivity contribution in [1.29, 1.82) is 0 Å². The van der Waals surface area contributed by atoms with Crippen molar-refractivity contribution in [2.45, 2.75) is 0 Å². The van der Waals surface area contributed by atoms with E-state index in [0.29, 0.717) is 17.6 Å². The molecule has 0 N–H and O–H groups in total. The van der Waals surface area contributed by atoms with Gasteiger partial charge < -0.3 is 4.57 Å². The average Bonchev–Trinajstić information content (AvgIpc) is 3.95. The van der Waals surface area contributed by atoms with E-state index in [2.05, 4.69) is 161 Å². The van der Waals surface area contributed by atoms with Gasteiger partial charge >= 0.3 is 0 Å². The third-order valence-electron chi connectivity index (χ3n) is 11.2. The molecule has 0 saturated heterocycles. The summed E-state index contributed by atoms with van der Waals surface area (Å²) in [5.74, 6) is 1.85. The van der Waals surface area contributed by atoms with Gasteiger partial charge in [-0.3, -0.25) is 4.57 Å². The largest absolute Gasteiger partial charge is 0.308 e. The Bertz CT molecular complexity index is 3450. The van der Waals surface area contributed by atoms with Gasteiger partial charge in [-0.05, 0) is 41.5 Å². The van der Waals surface area contributed by atoms with Gasteiger partial charge in [-0.15, -0.1) is 11.3 Å². The Kier molecular flexibility index (Phi) is 7.03. The molecule has 0 radical (unpaired) electrons. The van der Waals surface area contributed by atoms with E-state index < -0.39 is 0 Å². The Labute approximate surface area is 331 Å². The summed E-state index contributed by atoms with van der Waals surface area (Å²) >= 11 is 1.88. The first-order valence-electron chi connectivity index (χ1n) is 19.1. The number of hydrogen-bond donors (Lipinski definition) is 0. The number of fused-ring (bicyclic) bond motifs is 10. The van der Waals surface area contributed by atoms with Crippen molar-refractivity contribution in [3.05, 3.63) is 188 Å². The molecule has 57 heavy (non-hydrogen) atoms. The lowest BCUT2D eigenvalue weighted by Crippen LogP contribution is -2.06. The van der Waals surface area contributed by atoms with E-state index in [0.717, 1.165) is 33.1 Å². The molecule has 6 heteroatoms. The maximum Gasteiger partial charge on any atom is 0.238 e. The van der Waals surface area contributed by atoms with Crippen LogP contribution in [0.5, 0.6) is 0 Å². The molecule has 0 aliphatic carbocycles. The molecule has 266 valence electrons. The van der Waals surface area contributed by atoms with E-state index in [1.54, 1.807) is 0 Å². The number of benzene rings is 8. The lowest BCUT2D eigenvalue weighted by molar-refractivity contribution is 0.953. The minimum absolute atomic E-state index is 0.584. The van der Waals surface area contributed by atoms with Crippen molar-refractivity contribution >= 4 is 75.1 Å². The van der Waals surface area contributed by atoms with E-state index >= 15 is 0 Å². The predicted molar refractivity (Wildman–Crippen MR) is 238 cm³/mol. The van der Waals surface area contributed by atoms with Crippen LogP contribution in [0.1, 0.15) is 0 Å². The van der Waals surface area contributed by atoms with Crippen LogP contribution in [0, 0.1) is 0 Å². The third-order valence-corrected chi connectivity index (χ3v) is 12.5. The molecule has 0 bridgehead atoms. The van der Waals surface area contributed by atoms with Crippen LogP contribution in [0.15, 0.2) is 188 Å². The van der Waals surface area contributed by atoms with Crippen molar-refractivity contribution in [2.24, 2.45) is 0 Å². The number of para-hydroxylation sites is 2. The molecule has 0 atom stereocenters. The van der Waals surface area contributed by atoms with Crippen LogP contribution in [-0.2, 0) is 0 Å². The van der Waals surface area contributed by atoms with Crippen molar-refractivity contribution in [1.82, 2.24) is 24.1 Å². The zero-order chi connectivity index (χ0) is 37.5. The number of hydrogen-bond acceptors (Lipinski definition) is 4. The Balaban J connectivity index is 1.16. The van der Waals surface area contributed by atoms with Gasteiger partial charge in [-0.2, -0.15) is 9.97 Å². The molecule has 0 aliphatic heterocycles. The SMILES string of the molecule is c1ccc(-c2nc(-c3ccccc3)nc(-n3c4ccccc4c4c5c6ccccc6n(-c6cccc7c6sc6c(-c8ccccc8)cccc67)c5ccc43)n2)cc1. The van der Waals surface area contributed by atoms with Crippen LogP contribution in [-0.4, -0.2) is 24.1 Å². The van der Waals surface area contributed by atoms with E-state index in [4.69, 9.17) is 15.0 Å². The van der Waals surface area contributed by atoms with E-state index in [1.165, 1.54) is 58.7 Å². The van der Waals surface area contributed by atoms with Crippen LogP contribution in [0.4, 0.5) is 0 Å². The minimum Gasteiger partial charge on any atom is -0.308 e. The van der Waals surface area contributed by atoms with Gasteiger partial charge in [-0.25, -0.2) is 4.98 Å². The standard InChI is InChI=1S/C51H31N5S/c1-4-16-32(17-5-1)35-24-14-25-36-37-26-15-29-44(48(37)57-47(35)36)55-40-27-12-10-22-38(40)45-42(55)30-31-43-46(45)39-23-11-13-28-41(39)56(43)51-53-49(33-18-6-2-7-19-33)52-50(54-51)34-20-8-3-9-21-34/h1-31H. The third kappa shape index (κ3) is 4.84. The van der Waals surface area contributed by atoms with Gasteiger partial charge in [0.05, 0.1) is 32.5 Å². The highest BCUT2D eigenvalue weighted by atomic mass is 32.1. The van der Waals surface area contributed by atoms with Gasteiger partial charge in [0.25, 0.3) is 0 Å². The zero-order valence-electron chi connectivity index (χ0n) is 30.5. The summed E-state index contributed by atoms with van der Waals surface area (Å²) in [5.41, 5.74) is 9.97. The van der Waals surface area contributed by atoms with Crippen molar-refractivity contribution in [3.63, 3.8) is 0 Å². The van der Waals surface area contributed by atoms with Crippen LogP contribution in [0.2, 0.25) is 0 Å². The van der Waals surface area contributed by atoms with E-state index in [-0.39, 0.29) is 0 Å². The molecule has 4 aromatic heterocycles. The first-order chi connectivity index (χ1) is 28.3. The zero-order valence-corrected chi connectivity index (χ0v) is 31.4. The van der Waals surface area contributed by atoms with Gasteiger partial charge in [0, 0.05) is 48.1 Å². The molecule has 5 nitrogen and oxygen atoms in total. The van der Waals surface area contributed by atoms with Crippen LogP contribution >= 0.6 is 11.3 Å². The molecule has 0 aliphatic rings. The molecule has 0 unspecified atom stereocenters. The fourth-order valence-corrected chi connectivity index (χ4v) is 10.1. The second-order valence-corrected chi connectivity index (χ2v) is 15.4. The maximum absolute atomic E-state index is 5.19. The summed E-state index contributed by atoms with van der Waals surface area (Å²) in [7, 11) is 0. The molecule has 8 aromatic carbocycles. The number of thiophene rings is 1. The summed E-state index contributed by atoms with van der Waals surface area (Å²) in [6, 6.07) is 66.5. The molecule has 12 rings (SSSR count). The fraction of sp³-hybridized carbons (Fsp3) is 0. The highest BCUT2D eigenvalue weighted by molar-refractivity contribution is 7.26. The van der Waals surface area contributed by atoms with Gasteiger partial charge in [-0.1, -0.05) is 158 Å². The van der Waals surface area contributed by atoms with E-state index in [9.17, 15) is 0 Å². The van der Waals surface area contributed by atoms with Gasteiger partial charge in [0.15, 0.2) is 11.6 Å². The van der Waals surface area contributed by atoms with Crippen LogP contribution in [0.3, 0.4) is 0 Å². The quantitative estimate of drug-likeness (QED) is 0.176. The summed E-state index contributed by atoms with van der Waals surface area (Å²) in [5, 5.41) is 7.29. The Hall–Kier alpha value is -7.41. The molecule has 0 saturated carbocycles. The Morgan fingerprint density at radius 1 is 0.333 bits per heavy atom. The van der Waals surface area contributed by atoms with E-state index in [1.807, 2.05) is 47.7 Å². The van der Waals surface area contributed by atoms with Crippen LogP contribution < -0.4 is 0 Å². The fourth-order valence-electron chi connectivity index (χ4n) is 8.72. The highest BCUT2D eigenvalue weighted by Gasteiger charge is 2.24. The summed E-state index contributed by atoms with van der Waals surface area (Å²) in [4.78, 5) is 15.4. The first-order valence-corrected chi connectivity index (χ1v) is 19.9. The normalized spacial score (nSPS) is 11.9. The molecular weight excluding hydrogens is 715 g/mol. The number of aromatic nitrogens is 5. The van der Waals surface area contributed by atoms with Gasteiger partial charge in [0.1, 0.15) is 0 Å². The molecule has 0 fully saturated rings. The van der Waals surface area contributed by atoms with Crippen molar-refractivity contribution in [3.8, 4) is 45.5 Å². The van der Waals surface area contributed by atoms with Gasteiger partial charge in [0.2, 0.25) is 5.95 Å². The molecule has 0 spiro atoms. The molecule has 4 heterocycles. The van der Waals surface area contributed by atoms with Crippen LogP contribution in [0.25, 0.3) is 109 Å². The maximum atomic E-state index is 5.19. The topological polar surface area (TPSA) is 48.5 Å². The monoisotopic (exact) mass is 745 g/mol. The second-order valence-electron chi connectivity index (χ2n) is 14.4. The minimum atomic E-state index is 0.584. The second kappa shape index (κ2) is 12.6. The highest BCUT2D eigenvalue weighted by Crippen LogP contribution is 2.46.